The number of nitrogens with zero attached hydrogens (tertiary/aromatic N) is 14. The van der Waals surface area contributed by atoms with Crippen LogP contribution in [0.15, 0.2) is 175 Å². The monoisotopic (exact) mass is 1840 g/mol. The smallest absolute Gasteiger partial charge is 0.253 e. The quantitative estimate of drug-likeness (QED) is 0.0250. The third-order valence-corrected chi connectivity index (χ3v) is 23.1. The Balaban J connectivity index is 0.000000126. The van der Waals surface area contributed by atoms with Crippen molar-refractivity contribution in [1.82, 2.24) is 100 Å². The largest absolute Gasteiger partial charge is 0.496 e. The summed E-state index contributed by atoms with van der Waals surface area (Å²) >= 11 is 0. The first kappa shape index (κ1) is 91.6. The Labute approximate surface area is 780 Å². The second-order valence-corrected chi connectivity index (χ2v) is 32.5. The summed E-state index contributed by atoms with van der Waals surface area (Å²) in [6.45, 7) is 9.27. The number of hydrogen-bond acceptors (Lipinski definition) is 29. The van der Waals surface area contributed by atoms with E-state index in [0.717, 1.165) is 119 Å². The van der Waals surface area contributed by atoms with Gasteiger partial charge >= 0.3 is 0 Å². The van der Waals surface area contributed by atoms with E-state index in [1.807, 2.05) is 119 Å². The van der Waals surface area contributed by atoms with Crippen LogP contribution in [0, 0.1) is 20.8 Å². The first-order chi connectivity index (χ1) is 66.1. The molecule has 14 heterocycles. The molecule has 0 radical (unpaired) electrons. The Morgan fingerprint density at radius 1 is 0.500 bits per heavy atom. The molecule has 4 aliphatic rings. The molecule has 3 fully saturated rings. The van der Waals surface area contributed by atoms with E-state index in [4.69, 9.17) is 76.7 Å². The molecule has 37 heteroatoms. The van der Waals surface area contributed by atoms with Gasteiger partial charge in [-0.15, -0.1) is 0 Å². The van der Waals surface area contributed by atoms with Crippen molar-refractivity contribution in [2.45, 2.75) is 71.2 Å². The first-order valence-electron chi connectivity index (χ1n) is 43.9. The van der Waals surface area contributed by atoms with Crippen molar-refractivity contribution < 1.29 is 71.0 Å². The number of fused-ring (bicyclic) bond motifs is 5. The molecule has 3 saturated heterocycles. The van der Waals surface area contributed by atoms with Gasteiger partial charge in [0.1, 0.15) is 69.7 Å². The molecule has 0 bridgehead atoms. The van der Waals surface area contributed by atoms with Gasteiger partial charge in [-0.25, -0.2) is 15.0 Å². The van der Waals surface area contributed by atoms with Crippen molar-refractivity contribution in [3.8, 4) is 74.1 Å². The molecule has 37 nitrogen and oxygen atoms in total. The maximum atomic E-state index is 12.3. The first-order valence-corrected chi connectivity index (χ1v) is 43.9. The number of benzene rings is 5. The zero-order valence-corrected chi connectivity index (χ0v) is 77.1. The van der Waals surface area contributed by atoms with Crippen molar-refractivity contribution in [3.63, 3.8) is 0 Å². The number of rotatable bonds is 26. The van der Waals surface area contributed by atoms with E-state index in [0.29, 0.717) is 179 Å². The summed E-state index contributed by atoms with van der Waals surface area (Å²) in [6, 6.07) is 35.1. The van der Waals surface area contributed by atoms with E-state index in [1.54, 1.807) is 139 Å². The van der Waals surface area contributed by atoms with Crippen molar-refractivity contribution in [2.24, 2.45) is 7.05 Å². The van der Waals surface area contributed by atoms with Gasteiger partial charge in [0.05, 0.1) is 113 Å². The van der Waals surface area contributed by atoms with Crippen molar-refractivity contribution in [1.29, 1.82) is 0 Å². The Morgan fingerprint density at radius 3 is 1.58 bits per heavy atom. The molecular weight excluding hydrogens is 1740 g/mol. The Hall–Kier alpha value is -16.3. The standard InChI is InChI=1S/C27H25N5O5.C27H28N4O3.C25H26N6O4.C20H21N7O3/c1-14-30-20-7-6-15(8-22(20)36-14)19-11-29-25-24(19)27(37-18-12-35-13-18)32-23(31-25)10-16-4-5-17(26(33)28-2)9-21(16)34-3;1-17-14-20(27(32)31(2)3)5-4-19(17)15-24-29-23-7-6-22(18-8-11-28-12-9-18)25(23)26(30-24)34-21-10-13-33-16-21;1-14-10-15(6-8-27-14)18-12-28-22-21(18)24(35-17-7-9-34-13-17)31-25(30-22)29-19-5-4-16(23(32)26-2)11-20(19)33-3;1-21-18(28)11-5-6-14(15(7-11)29-3)24-20-25-17-16(19(26-20)30-4)13(9-22-17)12-8-23-27(2)10-12/h4-9,11,18H,10,12-13H2,1-3H3,(H,28,33)(H,29,31,32);4-6,8-9,11-12,14,21H,7,10,13,15-16H2,1-3H3;4-6,8,10-12,17H,7,9,13H2,1-3H3,(H,26,32)(H2,28,29,30,31);5-10H,1-4H3,(H,21,28)(H2,22,24,25,26)/t;;17-;/m..0./s1. The third-order valence-electron chi connectivity index (χ3n) is 23.1. The Kier molecular flexibility index (Phi) is 27.5. The lowest BCUT2D eigenvalue weighted by atomic mass is 10.0. The van der Waals surface area contributed by atoms with E-state index >= 15 is 0 Å². The summed E-state index contributed by atoms with van der Waals surface area (Å²) in [6.07, 6.45) is 20.0. The van der Waals surface area contributed by atoms with Gasteiger partial charge in [-0.3, -0.25) is 33.8 Å². The van der Waals surface area contributed by atoms with E-state index in [-0.39, 0.29) is 41.9 Å². The zero-order valence-electron chi connectivity index (χ0n) is 77.1. The Morgan fingerprint density at radius 2 is 1.02 bits per heavy atom. The van der Waals surface area contributed by atoms with Crippen LogP contribution in [0.5, 0.6) is 40.8 Å². The number of anilines is 4. The number of H-pyrrole nitrogens is 3. The van der Waals surface area contributed by atoms with E-state index in [2.05, 4.69) is 82.6 Å². The van der Waals surface area contributed by atoms with Gasteiger partial charge in [-0.05, 0) is 144 Å². The van der Waals surface area contributed by atoms with Crippen molar-refractivity contribution >= 4 is 96.7 Å². The Bertz CT molecular complexity index is 7170. The molecule has 3 aliphatic heterocycles. The second kappa shape index (κ2) is 40.8. The van der Waals surface area contributed by atoms with Crippen LogP contribution in [0.3, 0.4) is 0 Å². The van der Waals surface area contributed by atoms with Gasteiger partial charge in [0.15, 0.2) is 11.5 Å². The molecule has 16 aromatic rings. The number of aryl methyl sites for hydroxylation is 4. The number of carbonyl (C=O) groups is 4. The minimum atomic E-state index is -0.202. The van der Waals surface area contributed by atoms with Gasteiger partial charge in [0.25, 0.3) is 23.6 Å². The summed E-state index contributed by atoms with van der Waals surface area (Å²) in [7, 11) is 16.3. The van der Waals surface area contributed by atoms with Gasteiger partial charge in [-0.1, -0.05) is 24.3 Å². The van der Waals surface area contributed by atoms with E-state index in [1.165, 1.54) is 7.11 Å². The van der Waals surface area contributed by atoms with Crippen LogP contribution in [0.1, 0.15) is 111 Å². The number of hydrogen-bond donors (Lipinski definition) is 8. The molecule has 0 saturated carbocycles. The number of ether oxygens (including phenoxy) is 10. The molecule has 1 aliphatic carbocycles. The van der Waals surface area contributed by atoms with Gasteiger partial charge in [0, 0.05) is 180 Å². The fourth-order valence-electron chi connectivity index (χ4n) is 16.1. The number of aromatic nitrogens is 16. The van der Waals surface area contributed by atoms with Crippen molar-refractivity contribution in [3.05, 3.63) is 250 Å². The zero-order chi connectivity index (χ0) is 94.8. The average molecular weight is 1840 g/mol. The predicted octanol–water partition coefficient (Wildman–Crippen LogP) is 13.5. The van der Waals surface area contributed by atoms with Gasteiger partial charge < -0.3 is 98.2 Å². The normalized spacial score (nSPS) is 14.2. The molecule has 8 N–H and O–H groups in total. The SMILES string of the molecule is CNC(=O)c1ccc(Cc2nc(OC3COC3)c3c(-c4ccc5nc(C)oc5c4)c[nH]c3n2)c(OC)c1.CNC(=O)c1ccc(Nc2nc(OC)c3c(-c4cnn(C)c4)c[nH]c3n2)c(OC)c1.CNC(=O)c1ccc(Nc2nc(O[C@H]3CCOC3)c3c(-c4ccnc(C)c4)c[nH]c3n2)c(OC)c1.Cc1cc(C(=O)N(C)C)ccc1Cc1nc2c(c(OC3CCOC3)n1)C(c1ccncc1)=CC2. The molecule has 0 spiro atoms. The van der Waals surface area contributed by atoms with Crippen LogP contribution >= 0.6 is 0 Å². The van der Waals surface area contributed by atoms with E-state index in [9.17, 15) is 19.2 Å². The lowest BCUT2D eigenvalue weighted by molar-refractivity contribution is -0.0807. The number of methoxy groups -OCH3 is 4. The van der Waals surface area contributed by atoms with Crippen LogP contribution in [0.2, 0.25) is 0 Å². The summed E-state index contributed by atoms with van der Waals surface area (Å²) in [5.41, 5.74) is 20.4. The molecule has 1 unspecified atom stereocenters. The number of oxazole rings is 1. The summed E-state index contributed by atoms with van der Waals surface area (Å²) in [5.74, 6) is 5.50. The van der Waals surface area contributed by atoms with Crippen LogP contribution in [0.25, 0.3) is 83.2 Å². The second-order valence-electron chi connectivity index (χ2n) is 32.5. The summed E-state index contributed by atoms with van der Waals surface area (Å²) in [5, 5.41) is 20.7. The van der Waals surface area contributed by atoms with Crippen LogP contribution in [-0.4, -0.2) is 230 Å². The van der Waals surface area contributed by atoms with Gasteiger partial charge in [0.2, 0.25) is 35.4 Å². The summed E-state index contributed by atoms with van der Waals surface area (Å²) < 4.78 is 64.7. The number of amides is 4. The molecular formula is C99H100N22O15. The molecule has 2 atom stereocenters. The lowest BCUT2D eigenvalue weighted by Gasteiger charge is -2.26. The number of nitrogens with one attached hydrogen (secondary N) is 8. The number of allylic oxidation sites excluding steroid dienone is 1. The highest BCUT2D eigenvalue weighted by molar-refractivity contribution is 6.02. The number of aromatic amines is 3. The highest BCUT2D eigenvalue weighted by atomic mass is 16.6. The average Bonchev–Trinajstić information content (AvgIpc) is 1.61. The minimum Gasteiger partial charge on any atom is -0.496 e. The highest BCUT2D eigenvalue weighted by Gasteiger charge is 2.32. The fourth-order valence-corrected chi connectivity index (χ4v) is 16.1. The molecule has 11 aromatic heterocycles. The topological polar surface area (TPSA) is 444 Å². The molecule has 4 amide bonds. The van der Waals surface area contributed by atoms with Crippen LogP contribution in [-0.2, 0) is 40.5 Å². The van der Waals surface area contributed by atoms with Gasteiger partial charge in [-0.2, -0.15) is 35.0 Å². The summed E-state index contributed by atoms with van der Waals surface area (Å²) in [4.78, 5) is 110. The lowest BCUT2D eigenvalue weighted by Crippen LogP contribution is -2.38. The number of carbonyl (C=O) groups excluding carboxylic acids is 4. The molecule has 136 heavy (non-hydrogen) atoms. The molecule has 5 aromatic carbocycles. The number of pyridine rings is 2. The predicted molar refractivity (Wildman–Crippen MR) is 509 cm³/mol. The molecule has 696 valence electrons. The maximum Gasteiger partial charge on any atom is 0.253 e. The van der Waals surface area contributed by atoms with Crippen LogP contribution in [0.4, 0.5) is 23.3 Å². The van der Waals surface area contributed by atoms with Crippen LogP contribution < -0.4 is 59.7 Å². The fraction of sp³-hybridized carbons (Fsp3) is 0.273. The maximum absolute atomic E-state index is 12.3. The minimum absolute atomic E-state index is 0.00684. The van der Waals surface area contributed by atoms with Crippen molar-refractivity contribution in [2.75, 3.05) is 114 Å². The third kappa shape index (κ3) is 20.2. The highest BCUT2D eigenvalue weighted by Crippen LogP contribution is 2.43. The van der Waals surface area contributed by atoms with E-state index < -0.39 is 0 Å². The molecule has 20 rings (SSSR count).